The molecule has 1 unspecified atom stereocenters. The summed E-state index contributed by atoms with van der Waals surface area (Å²) in [4.78, 5) is 12.2. The van der Waals surface area contributed by atoms with Crippen LogP contribution in [0.25, 0.3) is 0 Å². The molecule has 0 amide bonds. The third kappa shape index (κ3) is 3.62. The van der Waals surface area contributed by atoms with Crippen molar-refractivity contribution >= 4 is 5.78 Å². The summed E-state index contributed by atoms with van der Waals surface area (Å²) < 4.78 is 40.4. The third-order valence-electron chi connectivity index (χ3n) is 3.75. The lowest BCUT2D eigenvalue weighted by Crippen LogP contribution is -2.44. The van der Waals surface area contributed by atoms with Crippen molar-refractivity contribution in [1.29, 1.82) is 0 Å². The van der Waals surface area contributed by atoms with Gasteiger partial charge in [-0.05, 0) is 19.4 Å². The monoisotopic (exact) mass is 322 g/mol. The molecule has 0 aliphatic heterocycles. The van der Waals surface area contributed by atoms with Crippen LogP contribution in [0.1, 0.15) is 33.5 Å². The van der Waals surface area contributed by atoms with Gasteiger partial charge in [-0.3, -0.25) is 4.79 Å². The summed E-state index contributed by atoms with van der Waals surface area (Å²) in [7, 11) is 0. The topological polar surface area (TPSA) is 37.3 Å². The molecule has 0 aliphatic carbocycles. The highest BCUT2D eigenvalue weighted by Crippen LogP contribution is 2.42. The van der Waals surface area contributed by atoms with Gasteiger partial charge in [-0.25, -0.2) is 0 Å². The van der Waals surface area contributed by atoms with E-state index in [1.165, 1.54) is 30.3 Å². The zero-order valence-electron chi connectivity index (χ0n) is 12.8. The van der Waals surface area contributed by atoms with E-state index < -0.39 is 24.0 Å². The van der Waals surface area contributed by atoms with Gasteiger partial charge in [-0.2, -0.15) is 13.2 Å². The molecule has 0 bridgehead atoms. The van der Waals surface area contributed by atoms with Crippen LogP contribution in [0.4, 0.5) is 13.2 Å². The lowest BCUT2D eigenvalue weighted by Gasteiger charge is -2.30. The third-order valence-corrected chi connectivity index (χ3v) is 3.75. The first-order valence-corrected chi connectivity index (χ1v) is 7.09. The second kappa shape index (κ2) is 6.16. The zero-order valence-corrected chi connectivity index (χ0v) is 12.8. The Morgan fingerprint density at radius 3 is 2.13 bits per heavy atom. The molecule has 2 aromatic rings. The molecule has 0 spiro atoms. The fourth-order valence-corrected chi connectivity index (χ4v) is 2.34. The highest BCUT2D eigenvalue weighted by molar-refractivity contribution is 5.96. The van der Waals surface area contributed by atoms with Crippen LogP contribution in [0.5, 0.6) is 0 Å². The first-order valence-electron chi connectivity index (χ1n) is 7.09. The number of halogens is 3. The number of aryl methyl sites for hydroxylation is 2. The maximum atomic E-state index is 13.5. The summed E-state index contributed by atoms with van der Waals surface area (Å²) in [6.45, 7) is 3.44. The first kappa shape index (κ1) is 17.2. The minimum absolute atomic E-state index is 0.144. The van der Waals surface area contributed by atoms with Crippen molar-refractivity contribution in [1.82, 2.24) is 0 Å². The fourth-order valence-electron chi connectivity index (χ4n) is 2.34. The van der Waals surface area contributed by atoms with E-state index in [1.54, 1.807) is 25.1 Å². The Balaban J connectivity index is 2.40. The van der Waals surface area contributed by atoms with Crippen LogP contribution in [0, 0.1) is 13.8 Å². The molecule has 23 heavy (non-hydrogen) atoms. The van der Waals surface area contributed by atoms with Gasteiger partial charge >= 0.3 is 6.18 Å². The van der Waals surface area contributed by atoms with E-state index in [9.17, 15) is 23.1 Å². The number of Topliss-reactive ketones (excluding diaryl/α,β-unsaturated/α-hetero) is 1. The molecule has 0 saturated heterocycles. The number of ketones is 1. The molecule has 0 radical (unpaired) electrons. The van der Waals surface area contributed by atoms with Crippen LogP contribution in [0.3, 0.4) is 0 Å². The van der Waals surface area contributed by atoms with Crippen LogP contribution in [-0.2, 0) is 5.60 Å². The highest BCUT2D eigenvalue weighted by Gasteiger charge is 2.56. The molecule has 2 aromatic carbocycles. The highest BCUT2D eigenvalue weighted by atomic mass is 19.4. The van der Waals surface area contributed by atoms with Gasteiger partial charge < -0.3 is 5.11 Å². The Hall–Kier alpha value is -2.14. The smallest absolute Gasteiger partial charge is 0.376 e. The van der Waals surface area contributed by atoms with E-state index in [1.807, 2.05) is 6.92 Å². The zero-order chi connectivity index (χ0) is 17.3. The van der Waals surface area contributed by atoms with Crippen LogP contribution in [0.2, 0.25) is 0 Å². The van der Waals surface area contributed by atoms with E-state index >= 15 is 0 Å². The number of rotatable bonds is 4. The van der Waals surface area contributed by atoms with Gasteiger partial charge in [-0.1, -0.05) is 59.7 Å². The van der Waals surface area contributed by atoms with Crippen LogP contribution in [0.15, 0.2) is 48.5 Å². The summed E-state index contributed by atoms with van der Waals surface area (Å²) in [6, 6.07) is 11.7. The fraction of sp³-hybridized carbons (Fsp3) is 0.278. The molecular formula is C18H17F3O2. The molecule has 1 atom stereocenters. The van der Waals surface area contributed by atoms with Crippen molar-refractivity contribution in [3.63, 3.8) is 0 Å². The number of carbonyl (C=O) groups is 1. The molecule has 2 nitrogen and oxygen atoms in total. The number of benzene rings is 2. The molecule has 0 saturated carbocycles. The average molecular weight is 322 g/mol. The predicted octanol–water partition coefficient (Wildman–Crippen LogP) is 4.33. The van der Waals surface area contributed by atoms with Crippen molar-refractivity contribution in [3.05, 3.63) is 70.8 Å². The van der Waals surface area contributed by atoms with Crippen LogP contribution >= 0.6 is 0 Å². The molecule has 0 aromatic heterocycles. The number of alkyl halides is 3. The van der Waals surface area contributed by atoms with Gasteiger partial charge in [-0.15, -0.1) is 0 Å². The maximum Gasteiger partial charge on any atom is 0.421 e. The van der Waals surface area contributed by atoms with Gasteiger partial charge in [0.05, 0.1) is 6.42 Å². The van der Waals surface area contributed by atoms with Gasteiger partial charge in [0.15, 0.2) is 11.4 Å². The quantitative estimate of drug-likeness (QED) is 0.851. The summed E-state index contributed by atoms with van der Waals surface area (Å²) in [5.41, 5.74) is -1.92. The van der Waals surface area contributed by atoms with E-state index in [2.05, 4.69) is 0 Å². The standard InChI is InChI=1S/C18H17F3O2/c1-12-6-8-14(9-7-12)16(22)11-17(23,18(19,20)21)15-5-3-4-13(2)10-15/h3-10,23H,11H2,1-2H3. The molecule has 2 rings (SSSR count). The van der Waals surface area contributed by atoms with Gasteiger partial charge in [0.25, 0.3) is 0 Å². The van der Waals surface area contributed by atoms with Gasteiger partial charge in [0.1, 0.15) is 0 Å². The maximum absolute atomic E-state index is 13.5. The molecule has 122 valence electrons. The van der Waals surface area contributed by atoms with Gasteiger partial charge in [0.2, 0.25) is 0 Å². The minimum atomic E-state index is -4.96. The predicted molar refractivity (Wildman–Crippen MR) is 81.3 cm³/mol. The van der Waals surface area contributed by atoms with E-state index in [0.29, 0.717) is 5.56 Å². The SMILES string of the molecule is Cc1ccc(C(=O)CC(O)(c2cccc(C)c2)C(F)(F)F)cc1. The lowest BCUT2D eigenvalue weighted by molar-refractivity contribution is -0.264. The normalized spacial score (nSPS) is 14.3. The molecule has 0 heterocycles. The van der Waals surface area contributed by atoms with E-state index in [0.717, 1.165) is 5.56 Å². The Labute approximate surface area is 132 Å². The molecule has 0 aliphatic rings. The molecule has 1 N–H and O–H groups in total. The molecular weight excluding hydrogens is 305 g/mol. The number of hydrogen-bond acceptors (Lipinski definition) is 2. The average Bonchev–Trinajstić information content (AvgIpc) is 2.46. The molecule has 5 heteroatoms. The minimum Gasteiger partial charge on any atom is -0.376 e. The summed E-state index contributed by atoms with van der Waals surface area (Å²) >= 11 is 0. The Bertz CT molecular complexity index is 705. The van der Waals surface area contributed by atoms with Crippen molar-refractivity contribution in [2.75, 3.05) is 0 Å². The van der Waals surface area contributed by atoms with Crippen molar-refractivity contribution in [3.8, 4) is 0 Å². The Morgan fingerprint density at radius 2 is 1.61 bits per heavy atom. The second-order valence-electron chi connectivity index (χ2n) is 5.69. The first-order chi connectivity index (χ1) is 10.6. The summed E-state index contributed by atoms with van der Waals surface area (Å²) in [6.07, 6.45) is -6.01. The van der Waals surface area contributed by atoms with E-state index in [4.69, 9.17) is 0 Å². The van der Waals surface area contributed by atoms with Gasteiger partial charge in [0, 0.05) is 5.56 Å². The van der Waals surface area contributed by atoms with Crippen LogP contribution < -0.4 is 0 Å². The van der Waals surface area contributed by atoms with Crippen molar-refractivity contribution in [2.24, 2.45) is 0 Å². The largest absolute Gasteiger partial charge is 0.421 e. The second-order valence-corrected chi connectivity index (χ2v) is 5.69. The number of aliphatic hydroxyl groups is 1. The van der Waals surface area contributed by atoms with Crippen molar-refractivity contribution in [2.45, 2.75) is 32.0 Å². The van der Waals surface area contributed by atoms with Crippen molar-refractivity contribution < 1.29 is 23.1 Å². The summed E-state index contributed by atoms with van der Waals surface area (Å²) in [5.74, 6) is -0.758. The molecule has 0 fully saturated rings. The summed E-state index contributed by atoms with van der Waals surface area (Å²) in [5, 5.41) is 10.3. The Kier molecular flexibility index (Phi) is 4.61. The van der Waals surface area contributed by atoms with Crippen LogP contribution in [-0.4, -0.2) is 17.1 Å². The Morgan fingerprint density at radius 1 is 1.00 bits per heavy atom. The number of hydrogen-bond donors (Lipinski definition) is 1. The lowest BCUT2D eigenvalue weighted by atomic mass is 9.85. The van der Waals surface area contributed by atoms with E-state index in [-0.39, 0.29) is 11.1 Å². The number of carbonyl (C=O) groups excluding carboxylic acids is 1.